The van der Waals surface area contributed by atoms with Crippen molar-refractivity contribution in [2.45, 2.75) is 6.92 Å². The van der Waals surface area contributed by atoms with E-state index < -0.39 is 0 Å². The van der Waals surface area contributed by atoms with Crippen LogP contribution in [0.25, 0.3) is 5.69 Å². The summed E-state index contributed by atoms with van der Waals surface area (Å²) < 4.78 is 6.39. The summed E-state index contributed by atoms with van der Waals surface area (Å²) in [6, 6.07) is 7.68. The summed E-state index contributed by atoms with van der Waals surface area (Å²) in [6.07, 6.45) is 3.16. The zero-order valence-electron chi connectivity index (χ0n) is 9.18. The normalized spacial score (nSPS) is 10.1. The molecule has 0 aliphatic rings. The molecule has 0 aliphatic heterocycles. The van der Waals surface area contributed by atoms with Crippen molar-refractivity contribution in [3.63, 3.8) is 0 Å². The van der Waals surface area contributed by atoms with Gasteiger partial charge in [0.15, 0.2) is 0 Å². The molecule has 0 saturated carbocycles. The third kappa shape index (κ3) is 1.82. The van der Waals surface area contributed by atoms with Gasteiger partial charge in [-0.15, -0.1) is 0 Å². The Morgan fingerprint density at radius 2 is 1.94 bits per heavy atom. The number of hydrogen-bond donors (Lipinski definition) is 0. The molecule has 1 aromatic heterocycles. The Morgan fingerprint density at radius 3 is 2.56 bits per heavy atom. The van der Waals surface area contributed by atoms with E-state index in [1.165, 1.54) is 11.7 Å². The van der Waals surface area contributed by atoms with E-state index in [0.29, 0.717) is 0 Å². The van der Waals surface area contributed by atoms with Crippen LogP contribution in [0, 0.1) is 6.92 Å². The van der Waals surface area contributed by atoms with Crippen LogP contribution in [0.5, 0.6) is 5.88 Å². The largest absolute Gasteiger partial charge is 0.477 e. The third-order valence-electron chi connectivity index (χ3n) is 2.31. The van der Waals surface area contributed by atoms with Crippen LogP contribution >= 0.6 is 0 Å². The molecule has 0 fully saturated rings. The maximum atomic E-state index is 11.9. The van der Waals surface area contributed by atoms with Gasteiger partial charge in [-0.2, -0.15) is 0 Å². The van der Waals surface area contributed by atoms with Crippen LogP contribution in [-0.2, 0) is 0 Å². The van der Waals surface area contributed by atoms with Crippen molar-refractivity contribution >= 4 is 0 Å². The van der Waals surface area contributed by atoms with E-state index in [-0.39, 0.29) is 11.4 Å². The van der Waals surface area contributed by atoms with E-state index in [0.717, 1.165) is 11.3 Å². The second kappa shape index (κ2) is 4.18. The molecular formula is C12H12N2O2. The fourth-order valence-corrected chi connectivity index (χ4v) is 1.44. The Labute approximate surface area is 93.1 Å². The molecule has 2 aromatic rings. The molecule has 0 atom stereocenters. The Kier molecular flexibility index (Phi) is 2.72. The number of ether oxygens (including phenoxy) is 1. The van der Waals surface area contributed by atoms with Gasteiger partial charge >= 0.3 is 5.56 Å². The Balaban J connectivity index is 2.56. The topological polar surface area (TPSA) is 44.1 Å². The fourth-order valence-electron chi connectivity index (χ4n) is 1.44. The molecule has 0 spiro atoms. The summed E-state index contributed by atoms with van der Waals surface area (Å²) in [4.78, 5) is 15.7. The molecule has 0 amide bonds. The van der Waals surface area contributed by atoms with Gasteiger partial charge in [0.05, 0.1) is 7.11 Å². The highest BCUT2D eigenvalue weighted by Gasteiger charge is 2.05. The minimum Gasteiger partial charge on any atom is -0.477 e. The summed E-state index contributed by atoms with van der Waals surface area (Å²) in [5.41, 5.74) is 1.70. The van der Waals surface area contributed by atoms with Crippen molar-refractivity contribution < 1.29 is 4.74 Å². The highest BCUT2D eigenvalue weighted by molar-refractivity contribution is 5.35. The maximum Gasteiger partial charge on any atom is 0.317 e. The zero-order chi connectivity index (χ0) is 11.5. The molecule has 1 heterocycles. The van der Waals surface area contributed by atoms with Crippen molar-refractivity contribution in [3.8, 4) is 11.6 Å². The molecule has 0 bridgehead atoms. The van der Waals surface area contributed by atoms with Crippen molar-refractivity contribution in [2.24, 2.45) is 0 Å². The summed E-state index contributed by atoms with van der Waals surface area (Å²) in [6.45, 7) is 2.00. The minimum absolute atomic E-state index is 0.100. The maximum absolute atomic E-state index is 11.9. The zero-order valence-corrected chi connectivity index (χ0v) is 9.18. The molecule has 0 saturated heterocycles. The Bertz CT molecular complexity index is 544. The average Bonchev–Trinajstić information content (AvgIpc) is 2.31. The van der Waals surface area contributed by atoms with E-state index in [1.807, 2.05) is 31.2 Å². The Hall–Kier alpha value is -2.10. The number of hydrogen-bond acceptors (Lipinski definition) is 3. The summed E-state index contributed by atoms with van der Waals surface area (Å²) in [7, 11) is 1.43. The molecule has 4 heteroatoms. The summed E-state index contributed by atoms with van der Waals surface area (Å²) in [5, 5.41) is 0. The quantitative estimate of drug-likeness (QED) is 0.765. The van der Waals surface area contributed by atoms with E-state index in [1.54, 1.807) is 12.4 Å². The molecule has 16 heavy (non-hydrogen) atoms. The van der Waals surface area contributed by atoms with Crippen LogP contribution in [0.1, 0.15) is 5.56 Å². The molecule has 4 nitrogen and oxygen atoms in total. The molecule has 0 radical (unpaired) electrons. The number of aryl methyl sites for hydroxylation is 1. The number of nitrogens with zero attached hydrogens (tertiary/aromatic N) is 2. The lowest BCUT2D eigenvalue weighted by atomic mass is 10.2. The van der Waals surface area contributed by atoms with Gasteiger partial charge in [0.1, 0.15) is 0 Å². The van der Waals surface area contributed by atoms with Gasteiger partial charge in [0, 0.05) is 18.1 Å². The number of rotatable bonds is 2. The van der Waals surface area contributed by atoms with Gasteiger partial charge in [-0.1, -0.05) is 17.7 Å². The van der Waals surface area contributed by atoms with Gasteiger partial charge in [-0.25, -0.2) is 4.98 Å². The third-order valence-corrected chi connectivity index (χ3v) is 2.31. The van der Waals surface area contributed by atoms with Gasteiger partial charge in [-0.05, 0) is 19.1 Å². The highest BCUT2D eigenvalue weighted by Crippen LogP contribution is 2.07. The van der Waals surface area contributed by atoms with E-state index in [2.05, 4.69) is 4.98 Å². The predicted octanol–water partition coefficient (Wildman–Crippen LogP) is 1.55. The van der Waals surface area contributed by atoms with Gasteiger partial charge in [0.2, 0.25) is 0 Å². The number of aromatic nitrogens is 2. The first-order valence-electron chi connectivity index (χ1n) is 4.91. The molecule has 0 N–H and O–H groups in total. The van der Waals surface area contributed by atoms with Crippen LogP contribution in [0.2, 0.25) is 0 Å². The first-order chi connectivity index (χ1) is 7.72. The van der Waals surface area contributed by atoms with Crippen LogP contribution < -0.4 is 10.3 Å². The van der Waals surface area contributed by atoms with Crippen LogP contribution in [0.15, 0.2) is 41.5 Å². The SMILES string of the molecule is COc1nccn(-c2ccc(C)cc2)c1=O. The van der Waals surface area contributed by atoms with E-state index in [9.17, 15) is 4.79 Å². The average molecular weight is 216 g/mol. The van der Waals surface area contributed by atoms with Gasteiger partial charge < -0.3 is 4.74 Å². The van der Waals surface area contributed by atoms with Crippen molar-refractivity contribution in [3.05, 3.63) is 52.6 Å². The standard InChI is InChI=1S/C12H12N2O2/c1-9-3-5-10(6-4-9)14-8-7-13-11(16-2)12(14)15/h3-8H,1-2H3. The molecule has 0 unspecified atom stereocenters. The lowest BCUT2D eigenvalue weighted by Crippen LogP contribution is -2.20. The summed E-state index contributed by atoms with van der Waals surface area (Å²) >= 11 is 0. The molecule has 0 aliphatic carbocycles. The minimum atomic E-state index is -0.256. The smallest absolute Gasteiger partial charge is 0.317 e. The predicted molar refractivity (Wildman–Crippen MR) is 61.1 cm³/mol. The van der Waals surface area contributed by atoms with Crippen LogP contribution in [-0.4, -0.2) is 16.7 Å². The first kappa shape index (κ1) is 10.4. The Morgan fingerprint density at radius 1 is 1.25 bits per heavy atom. The van der Waals surface area contributed by atoms with E-state index >= 15 is 0 Å². The lowest BCUT2D eigenvalue weighted by Gasteiger charge is -2.06. The number of benzene rings is 1. The molecular weight excluding hydrogens is 204 g/mol. The lowest BCUT2D eigenvalue weighted by molar-refractivity contribution is 0.388. The van der Waals surface area contributed by atoms with Crippen molar-refractivity contribution in [2.75, 3.05) is 7.11 Å². The van der Waals surface area contributed by atoms with E-state index in [4.69, 9.17) is 4.74 Å². The second-order valence-corrected chi connectivity index (χ2v) is 3.45. The fraction of sp³-hybridized carbons (Fsp3) is 0.167. The second-order valence-electron chi connectivity index (χ2n) is 3.45. The molecule has 1 aromatic carbocycles. The first-order valence-corrected chi connectivity index (χ1v) is 4.91. The van der Waals surface area contributed by atoms with Gasteiger partial charge in [0.25, 0.3) is 5.88 Å². The van der Waals surface area contributed by atoms with Crippen molar-refractivity contribution in [1.82, 2.24) is 9.55 Å². The van der Waals surface area contributed by atoms with Crippen LogP contribution in [0.3, 0.4) is 0 Å². The monoisotopic (exact) mass is 216 g/mol. The highest BCUT2D eigenvalue weighted by atomic mass is 16.5. The van der Waals surface area contributed by atoms with Crippen molar-refractivity contribution in [1.29, 1.82) is 0 Å². The summed E-state index contributed by atoms with van der Waals surface area (Å²) in [5.74, 6) is 0.100. The number of methoxy groups -OCH3 is 1. The van der Waals surface area contributed by atoms with Gasteiger partial charge in [-0.3, -0.25) is 9.36 Å². The van der Waals surface area contributed by atoms with Crippen LogP contribution in [0.4, 0.5) is 0 Å². The molecule has 2 rings (SSSR count). The molecule has 82 valence electrons.